The molecule has 234 valence electrons. The first-order chi connectivity index (χ1) is 21.0. The van der Waals surface area contributed by atoms with E-state index in [2.05, 4.69) is 18.1 Å². The van der Waals surface area contributed by atoms with Gasteiger partial charge in [-0.05, 0) is 37.7 Å². The number of aliphatic hydroxyl groups is 1. The van der Waals surface area contributed by atoms with Gasteiger partial charge >= 0.3 is 5.97 Å². The summed E-state index contributed by atoms with van der Waals surface area (Å²) in [5.74, 6) is -2.70. The van der Waals surface area contributed by atoms with E-state index >= 15 is 0 Å². The summed E-state index contributed by atoms with van der Waals surface area (Å²) >= 11 is 0. The number of esters is 1. The predicted molar refractivity (Wildman–Crippen MR) is 160 cm³/mol. The highest BCUT2D eigenvalue weighted by molar-refractivity contribution is 5.98. The second-order valence-electron chi connectivity index (χ2n) is 11.9. The zero-order valence-electron chi connectivity index (χ0n) is 25.0. The molecule has 0 radical (unpaired) electrons. The number of fused-ring (bicyclic) bond motifs is 1. The van der Waals surface area contributed by atoms with Crippen molar-refractivity contribution < 1.29 is 33.7 Å². The molecule has 1 aromatic carbocycles. The Hall–Kier alpha value is -3.05. The molecule has 10 heteroatoms. The Morgan fingerprint density at radius 2 is 1.93 bits per heavy atom. The zero-order chi connectivity index (χ0) is 30.4. The van der Waals surface area contributed by atoms with Crippen molar-refractivity contribution >= 4 is 17.8 Å². The quantitative estimate of drug-likeness (QED) is 0.187. The van der Waals surface area contributed by atoms with Crippen LogP contribution in [-0.4, -0.2) is 114 Å². The van der Waals surface area contributed by atoms with Crippen LogP contribution in [0.5, 0.6) is 0 Å². The number of amides is 2. The predicted octanol–water partition coefficient (Wildman–Crippen LogP) is 2.34. The van der Waals surface area contributed by atoms with Crippen molar-refractivity contribution in [3.8, 4) is 0 Å². The van der Waals surface area contributed by atoms with E-state index in [0.29, 0.717) is 57.7 Å². The van der Waals surface area contributed by atoms with Crippen molar-refractivity contribution in [1.82, 2.24) is 14.7 Å². The summed E-state index contributed by atoms with van der Waals surface area (Å²) in [6.07, 6.45) is 6.46. The van der Waals surface area contributed by atoms with E-state index in [1.165, 1.54) is 4.90 Å². The Kier molecular flexibility index (Phi) is 10.3. The summed E-state index contributed by atoms with van der Waals surface area (Å²) in [4.78, 5) is 48.1. The lowest BCUT2D eigenvalue weighted by atomic mass is 9.70. The van der Waals surface area contributed by atoms with Crippen LogP contribution in [0.4, 0.5) is 0 Å². The van der Waals surface area contributed by atoms with Gasteiger partial charge in [0.25, 0.3) is 0 Å². The maximum absolute atomic E-state index is 14.6. The van der Waals surface area contributed by atoms with Gasteiger partial charge in [0.15, 0.2) is 0 Å². The molecule has 4 aliphatic heterocycles. The smallest absolute Gasteiger partial charge is 0.312 e. The van der Waals surface area contributed by atoms with E-state index < -0.39 is 41.6 Å². The number of carbonyl (C=O) groups is 3. The Morgan fingerprint density at radius 1 is 1.16 bits per heavy atom. The fourth-order valence-corrected chi connectivity index (χ4v) is 7.37. The summed E-state index contributed by atoms with van der Waals surface area (Å²) in [6, 6.07) is 7.46. The van der Waals surface area contributed by atoms with Crippen LogP contribution in [-0.2, 0) is 28.6 Å². The van der Waals surface area contributed by atoms with Crippen molar-refractivity contribution in [2.24, 2.45) is 11.8 Å². The first kappa shape index (κ1) is 31.4. The van der Waals surface area contributed by atoms with Gasteiger partial charge in [-0.2, -0.15) is 0 Å². The van der Waals surface area contributed by atoms with Crippen molar-refractivity contribution in [3.63, 3.8) is 0 Å². The van der Waals surface area contributed by atoms with Gasteiger partial charge in [-0.15, -0.1) is 13.2 Å². The highest BCUT2D eigenvalue weighted by Crippen LogP contribution is 2.60. The average Bonchev–Trinajstić information content (AvgIpc) is 3.68. The second-order valence-corrected chi connectivity index (χ2v) is 11.9. The van der Waals surface area contributed by atoms with Crippen LogP contribution in [0.25, 0.3) is 0 Å². The molecule has 4 fully saturated rings. The minimum absolute atomic E-state index is 0.252. The molecule has 0 saturated carbocycles. The maximum atomic E-state index is 14.6. The molecule has 5 rings (SSSR count). The third-order valence-corrected chi connectivity index (χ3v) is 9.44. The number of hydrogen-bond acceptors (Lipinski definition) is 8. The van der Waals surface area contributed by atoms with Gasteiger partial charge in [-0.25, -0.2) is 0 Å². The number of benzene rings is 1. The number of likely N-dealkylation sites (tertiary alicyclic amines) is 1. The largest absolute Gasteiger partial charge is 0.465 e. The molecule has 2 amide bonds. The standard InChI is InChI=1S/C33H45N3O7/c1-3-5-6-10-20-42-32(40)27-26-13-14-33(43-26)28(27)30(38)36(25(23-37)24-11-8-7-9-12-24)29(33)31(39)35(15-4-2)17-16-34-18-21-41-22-19-34/h3-4,7-9,11-12,25-29,37H,1-2,5-6,10,13-23H2/t25-,26-,27+,28+,29?,33?/m1/s1. The fourth-order valence-electron chi connectivity index (χ4n) is 7.37. The summed E-state index contributed by atoms with van der Waals surface area (Å²) in [6.45, 7) is 11.8. The molecule has 6 atom stereocenters. The number of aliphatic hydroxyl groups excluding tert-OH is 1. The van der Waals surface area contributed by atoms with Gasteiger partial charge in [-0.3, -0.25) is 19.3 Å². The molecule has 2 bridgehead atoms. The summed E-state index contributed by atoms with van der Waals surface area (Å²) in [7, 11) is 0. The van der Waals surface area contributed by atoms with Crippen LogP contribution >= 0.6 is 0 Å². The number of morpholine rings is 1. The number of unbranched alkanes of at least 4 members (excludes halogenated alkanes) is 2. The van der Waals surface area contributed by atoms with Crippen LogP contribution < -0.4 is 0 Å². The molecule has 1 spiro atoms. The Balaban J connectivity index is 1.46. The molecule has 43 heavy (non-hydrogen) atoms. The third kappa shape index (κ3) is 6.16. The lowest BCUT2D eigenvalue weighted by Gasteiger charge is -2.40. The molecule has 1 aromatic rings. The maximum Gasteiger partial charge on any atom is 0.312 e. The molecular weight excluding hydrogens is 550 g/mol. The Bertz CT molecular complexity index is 1160. The molecule has 4 aliphatic rings. The topological polar surface area (TPSA) is 109 Å². The molecule has 2 unspecified atom stereocenters. The van der Waals surface area contributed by atoms with Crippen molar-refractivity contribution in [2.45, 2.75) is 55.9 Å². The molecular formula is C33H45N3O7. The molecule has 0 aromatic heterocycles. The van der Waals surface area contributed by atoms with Gasteiger partial charge in [0, 0.05) is 32.7 Å². The fraction of sp³-hybridized carbons (Fsp3) is 0.606. The van der Waals surface area contributed by atoms with Crippen LogP contribution in [0.3, 0.4) is 0 Å². The van der Waals surface area contributed by atoms with Gasteiger partial charge in [-0.1, -0.05) is 42.5 Å². The number of allylic oxidation sites excluding steroid dienone is 1. The number of nitrogens with zero attached hydrogens (tertiary/aromatic N) is 3. The van der Waals surface area contributed by atoms with Crippen LogP contribution in [0, 0.1) is 11.8 Å². The molecule has 4 saturated heterocycles. The normalized spacial score (nSPS) is 28.9. The van der Waals surface area contributed by atoms with Crippen LogP contribution in [0.1, 0.15) is 43.7 Å². The summed E-state index contributed by atoms with van der Waals surface area (Å²) < 4.78 is 17.7. The first-order valence-electron chi connectivity index (χ1n) is 15.6. The lowest BCUT2D eigenvalue weighted by molar-refractivity contribution is -0.156. The van der Waals surface area contributed by atoms with E-state index in [9.17, 15) is 19.5 Å². The van der Waals surface area contributed by atoms with Gasteiger partial charge in [0.2, 0.25) is 11.8 Å². The minimum atomic E-state index is -1.17. The zero-order valence-corrected chi connectivity index (χ0v) is 25.0. The monoisotopic (exact) mass is 595 g/mol. The molecule has 1 N–H and O–H groups in total. The highest BCUT2D eigenvalue weighted by Gasteiger charge is 2.75. The molecule has 10 nitrogen and oxygen atoms in total. The van der Waals surface area contributed by atoms with Gasteiger partial charge in [0.05, 0.1) is 50.4 Å². The van der Waals surface area contributed by atoms with Gasteiger partial charge < -0.3 is 29.1 Å². The van der Waals surface area contributed by atoms with Crippen molar-refractivity contribution in [1.29, 1.82) is 0 Å². The van der Waals surface area contributed by atoms with Crippen LogP contribution in [0.2, 0.25) is 0 Å². The van der Waals surface area contributed by atoms with Crippen molar-refractivity contribution in [2.75, 3.05) is 59.2 Å². The highest BCUT2D eigenvalue weighted by atomic mass is 16.6. The number of ether oxygens (including phenoxy) is 3. The second kappa shape index (κ2) is 14.2. The Morgan fingerprint density at radius 3 is 2.63 bits per heavy atom. The number of hydrogen-bond donors (Lipinski definition) is 1. The van der Waals surface area contributed by atoms with E-state index in [-0.39, 0.29) is 25.0 Å². The number of rotatable bonds is 15. The molecule has 4 heterocycles. The van der Waals surface area contributed by atoms with Crippen molar-refractivity contribution in [3.05, 3.63) is 61.2 Å². The summed E-state index contributed by atoms with van der Waals surface area (Å²) in [5, 5.41) is 10.7. The lowest BCUT2D eigenvalue weighted by Crippen LogP contribution is -2.58. The van der Waals surface area contributed by atoms with E-state index in [0.717, 1.165) is 25.9 Å². The van der Waals surface area contributed by atoms with E-state index in [4.69, 9.17) is 14.2 Å². The SMILES string of the molecule is C=CCCCCOC(=O)[C@@H]1[C@H]2C(=O)N([C@H](CO)c3ccccc3)C(C(=O)N(CC=C)CCN3CCOCC3)C23CC[C@H]1O3. The number of carbonyl (C=O) groups excluding carboxylic acids is 3. The van der Waals surface area contributed by atoms with E-state index in [1.54, 1.807) is 11.0 Å². The summed E-state index contributed by atoms with van der Waals surface area (Å²) in [5.41, 5.74) is -0.460. The van der Waals surface area contributed by atoms with E-state index in [1.807, 2.05) is 36.4 Å². The third-order valence-electron chi connectivity index (χ3n) is 9.44. The Labute approximate surface area is 254 Å². The van der Waals surface area contributed by atoms with Gasteiger partial charge in [0.1, 0.15) is 11.6 Å². The van der Waals surface area contributed by atoms with Crippen LogP contribution in [0.15, 0.2) is 55.6 Å². The minimum Gasteiger partial charge on any atom is -0.465 e. The average molecular weight is 596 g/mol. The first-order valence-corrected chi connectivity index (χ1v) is 15.6. The molecule has 0 aliphatic carbocycles.